The van der Waals surface area contributed by atoms with Crippen LogP contribution in [0.25, 0.3) is 6.08 Å². The summed E-state index contributed by atoms with van der Waals surface area (Å²) in [4.78, 5) is 10.9. The number of carbonyl (C=O) groups excluding carboxylic acids is 1. The number of allylic oxidation sites excluding steroid dienone is 2. The predicted octanol–water partition coefficient (Wildman–Crippen LogP) is 2.16. The lowest BCUT2D eigenvalue weighted by Gasteiger charge is -2.07. The minimum absolute atomic E-state index is 0.382. The van der Waals surface area contributed by atoms with Gasteiger partial charge in [-0.3, -0.25) is 0 Å². The highest BCUT2D eigenvalue weighted by Gasteiger charge is 2.03. The molecule has 0 saturated carbocycles. The van der Waals surface area contributed by atoms with Gasteiger partial charge < -0.3 is 16.2 Å². The Hall–Kier alpha value is -2.23. The lowest BCUT2D eigenvalue weighted by Crippen LogP contribution is -1.99. The van der Waals surface area contributed by atoms with Crippen LogP contribution in [0.15, 0.2) is 30.4 Å². The third-order valence-corrected chi connectivity index (χ3v) is 2.48. The highest BCUT2D eigenvalue weighted by molar-refractivity contribution is 5.81. The van der Waals surface area contributed by atoms with Gasteiger partial charge in [0.05, 0.1) is 7.11 Å². The summed E-state index contributed by atoms with van der Waals surface area (Å²) in [6.45, 7) is 1.92. The lowest BCUT2D eigenvalue weighted by atomic mass is 10.0. The molecule has 0 atom stereocenters. The van der Waals surface area contributed by atoms with Crippen molar-refractivity contribution in [1.29, 1.82) is 0 Å². The van der Waals surface area contributed by atoms with E-state index in [1.165, 1.54) is 13.2 Å². The largest absolute Gasteiger partial charge is 0.466 e. The second kappa shape index (κ2) is 6.49. The van der Waals surface area contributed by atoms with Crippen LogP contribution in [0.2, 0.25) is 0 Å². The normalized spacial score (nSPS) is 11.2. The van der Waals surface area contributed by atoms with E-state index in [1.807, 2.05) is 31.2 Å². The molecule has 0 amide bonds. The van der Waals surface area contributed by atoms with Crippen molar-refractivity contribution in [3.8, 4) is 0 Å². The fourth-order valence-electron chi connectivity index (χ4n) is 1.55. The third kappa shape index (κ3) is 3.66. The minimum atomic E-state index is -0.382. The maximum absolute atomic E-state index is 10.9. The summed E-state index contributed by atoms with van der Waals surface area (Å²) in [5, 5.41) is 0. The number of benzene rings is 1. The van der Waals surface area contributed by atoms with E-state index in [0.29, 0.717) is 17.8 Å². The van der Waals surface area contributed by atoms with Crippen molar-refractivity contribution in [2.45, 2.75) is 13.3 Å². The van der Waals surface area contributed by atoms with E-state index in [4.69, 9.17) is 11.5 Å². The molecule has 0 aromatic heterocycles. The number of hydrogen-bond donors (Lipinski definition) is 2. The van der Waals surface area contributed by atoms with Crippen molar-refractivity contribution in [3.05, 3.63) is 41.5 Å². The van der Waals surface area contributed by atoms with Gasteiger partial charge in [0.1, 0.15) is 0 Å². The van der Waals surface area contributed by atoms with Crippen LogP contribution in [0.3, 0.4) is 0 Å². The molecule has 0 radical (unpaired) electrons. The number of rotatable bonds is 4. The van der Waals surface area contributed by atoms with E-state index in [0.717, 1.165) is 11.1 Å². The van der Waals surface area contributed by atoms with Crippen molar-refractivity contribution in [2.24, 2.45) is 0 Å². The quantitative estimate of drug-likeness (QED) is 0.485. The second-order valence-corrected chi connectivity index (χ2v) is 3.81. The molecule has 0 fully saturated rings. The summed E-state index contributed by atoms with van der Waals surface area (Å²) >= 11 is 0. The van der Waals surface area contributed by atoms with Gasteiger partial charge in [0, 0.05) is 17.5 Å². The Kier molecular flexibility index (Phi) is 4.99. The molecule has 4 heteroatoms. The van der Waals surface area contributed by atoms with Crippen LogP contribution in [0.5, 0.6) is 0 Å². The van der Waals surface area contributed by atoms with Gasteiger partial charge in [-0.1, -0.05) is 18.2 Å². The first-order chi connectivity index (χ1) is 8.58. The van der Waals surface area contributed by atoms with E-state index in [1.54, 1.807) is 6.08 Å². The predicted molar refractivity (Wildman–Crippen MR) is 74.8 cm³/mol. The third-order valence-electron chi connectivity index (χ3n) is 2.48. The van der Waals surface area contributed by atoms with Gasteiger partial charge in [0.25, 0.3) is 0 Å². The monoisotopic (exact) mass is 246 g/mol. The van der Waals surface area contributed by atoms with Crippen LogP contribution < -0.4 is 11.5 Å². The SMILES string of the molecule is C/C=C/c1cc(N)c(C/C=C/C(=O)OC)cc1N. The molecule has 0 heterocycles. The summed E-state index contributed by atoms with van der Waals surface area (Å²) in [7, 11) is 1.34. The second-order valence-electron chi connectivity index (χ2n) is 3.81. The maximum Gasteiger partial charge on any atom is 0.330 e. The first-order valence-electron chi connectivity index (χ1n) is 5.63. The van der Waals surface area contributed by atoms with Crippen molar-refractivity contribution in [2.75, 3.05) is 18.6 Å². The van der Waals surface area contributed by atoms with Crippen LogP contribution in [-0.4, -0.2) is 13.1 Å². The average molecular weight is 246 g/mol. The Labute approximate surface area is 107 Å². The Morgan fingerprint density at radius 1 is 1.33 bits per heavy atom. The molecule has 0 unspecified atom stereocenters. The number of nitrogen functional groups attached to an aromatic ring is 2. The van der Waals surface area contributed by atoms with Crippen LogP contribution in [-0.2, 0) is 16.0 Å². The van der Waals surface area contributed by atoms with E-state index < -0.39 is 0 Å². The molecule has 1 rings (SSSR count). The highest BCUT2D eigenvalue weighted by atomic mass is 16.5. The van der Waals surface area contributed by atoms with E-state index >= 15 is 0 Å². The van der Waals surface area contributed by atoms with Crippen molar-refractivity contribution in [3.63, 3.8) is 0 Å². The smallest absolute Gasteiger partial charge is 0.330 e. The average Bonchev–Trinajstić information content (AvgIpc) is 2.35. The van der Waals surface area contributed by atoms with Gasteiger partial charge in [-0.2, -0.15) is 0 Å². The molecule has 1 aromatic rings. The summed E-state index contributed by atoms with van der Waals surface area (Å²) in [6, 6.07) is 3.66. The molecule has 96 valence electrons. The molecule has 18 heavy (non-hydrogen) atoms. The minimum Gasteiger partial charge on any atom is -0.466 e. The van der Waals surface area contributed by atoms with Gasteiger partial charge >= 0.3 is 5.97 Å². The molecular weight excluding hydrogens is 228 g/mol. The molecule has 4 nitrogen and oxygen atoms in total. The maximum atomic E-state index is 10.9. The van der Waals surface area contributed by atoms with Gasteiger partial charge in [-0.15, -0.1) is 0 Å². The fourth-order valence-corrected chi connectivity index (χ4v) is 1.55. The zero-order valence-electron chi connectivity index (χ0n) is 10.6. The molecule has 0 aliphatic carbocycles. The molecule has 0 saturated heterocycles. The molecule has 0 spiro atoms. The number of esters is 1. The Bertz CT molecular complexity index is 491. The Balaban J connectivity index is 2.88. The highest BCUT2D eigenvalue weighted by Crippen LogP contribution is 2.23. The molecule has 4 N–H and O–H groups in total. The number of nitrogens with two attached hydrogens (primary N) is 2. The summed E-state index contributed by atoms with van der Waals surface area (Å²) < 4.78 is 4.50. The standard InChI is InChI=1S/C14H18N2O2/c1-3-5-10-8-13(16)11(9-12(10)15)6-4-7-14(17)18-2/h3-5,7-9H,6,15-16H2,1-2H3/b5-3+,7-4+. The lowest BCUT2D eigenvalue weighted by molar-refractivity contribution is -0.134. The zero-order chi connectivity index (χ0) is 13.5. The van der Waals surface area contributed by atoms with Gasteiger partial charge in [-0.25, -0.2) is 4.79 Å². The first-order valence-corrected chi connectivity index (χ1v) is 5.63. The topological polar surface area (TPSA) is 78.3 Å². The van der Waals surface area contributed by atoms with Crippen molar-refractivity contribution in [1.82, 2.24) is 0 Å². The number of methoxy groups -OCH3 is 1. The molecule has 1 aromatic carbocycles. The van der Waals surface area contributed by atoms with E-state index in [2.05, 4.69) is 4.74 Å². The molecule has 0 bridgehead atoms. The van der Waals surface area contributed by atoms with Crippen LogP contribution in [0, 0.1) is 0 Å². The van der Waals surface area contributed by atoms with E-state index in [9.17, 15) is 4.79 Å². The van der Waals surface area contributed by atoms with Gasteiger partial charge in [0.2, 0.25) is 0 Å². The molecule has 0 aliphatic heterocycles. The summed E-state index contributed by atoms with van der Waals surface area (Å²) in [6.07, 6.45) is 7.42. The molecular formula is C14H18N2O2. The van der Waals surface area contributed by atoms with Gasteiger partial charge in [-0.05, 0) is 36.6 Å². The first kappa shape index (κ1) is 13.8. The number of carbonyl (C=O) groups is 1. The summed E-state index contributed by atoms with van der Waals surface area (Å²) in [5.41, 5.74) is 15.0. The van der Waals surface area contributed by atoms with Crippen LogP contribution >= 0.6 is 0 Å². The number of anilines is 2. The zero-order valence-corrected chi connectivity index (χ0v) is 10.6. The fraction of sp³-hybridized carbons (Fsp3) is 0.214. The van der Waals surface area contributed by atoms with Crippen LogP contribution in [0.4, 0.5) is 11.4 Å². The van der Waals surface area contributed by atoms with Crippen molar-refractivity contribution >= 4 is 23.4 Å². The van der Waals surface area contributed by atoms with E-state index in [-0.39, 0.29) is 5.97 Å². The number of hydrogen-bond acceptors (Lipinski definition) is 4. The summed E-state index contributed by atoms with van der Waals surface area (Å²) in [5.74, 6) is -0.382. The van der Waals surface area contributed by atoms with Crippen molar-refractivity contribution < 1.29 is 9.53 Å². The Morgan fingerprint density at radius 3 is 2.67 bits per heavy atom. The number of ether oxygens (including phenoxy) is 1. The van der Waals surface area contributed by atoms with Gasteiger partial charge in [0.15, 0.2) is 0 Å². The Morgan fingerprint density at radius 2 is 2.06 bits per heavy atom. The molecule has 0 aliphatic rings. The van der Waals surface area contributed by atoms with Crippen LogP contribution in [0.1, 0.15) is 18.1 Å².